The van der Waals surface area contributed by atoms with Crippen LogP contribution in [0.1, 0.15) is 125 Å². The highest BCUT2D eigenvalue weighted by atomic mass is 16.8. The van der Waals surface area contributed by atoms with Crippen molar-refractivity contribution in [3.63, 3.8) is 0 Å². The molecule has 1 unspecified atom stereocenters. The summed E-state index contributed by atoms with van der Waals surface area (Å²) in [5, 5.41) is 10.1. The molecule has 0 saturated carbocycles. The molecule has 0 bridgehead atoms. The Morgan fingerprint density at radius 1 is 0.938 bits per heavy atom. The number of hydrogen-bond acceptors (Lipinski definition) is 10. The molecule has 48 heavy (non-hydrogen) atoms. The Kier molecular flexibility index (Phi) is 13.0. The van der Waals surface area contributed by atoms with Gasteiger partial charge in [-0.05, 0) is 88.0 Å². The number of cyclic esters (lactones) is 1. The van der Waals surface area contributed by atoms with Crippen LogP contribution in [0.3, 0.4) is 0 Å². The number of carbonyl (C=O) groups is 3. The molecule has 3 heterocycles. The zero-order chi connectivity index (χ0) is 35.1. The van der Waals surface area contributed by atoms with E-state index in [0.29, 0.717) is 11.7 Å². The van der Waals surface area contributed by atoms with Crippen molar-refractivity contribution >= 4 is 17.9 Å². The normalized spacial score (nSPS) is 24.5. The summed E-state index contributed by atoms with van der Waals surface area (Å²) in [6.45, 7) is 15.0. The van der Waals surface area contributed by atoms with Gasteiger partial charge < -0.3 is 33.5 Å². The number of ether oxygens (including phenoxy) is 6. The summed E-state index contributed by atoms with van der Waals surface area (Å²) in [5.74, 6) is -1.70. The zero-order valence-corrected chi connectivity index (χ0v) is 29.9. The number of esters is 3. The second-order valence-electron chi connectivity index (χ2n) is 15.2. The molecule has 3 aliphatic rings. The molecule has 10 heteroatoms. The number of rotatable bonds is 17. The van der Waals surface area contributed by atoms with Crippen LogP contribution in [-0.4, -0.2) is 53.2 Å². The van der Waals surface area contributed by atoms with E-state index in [9.17, 15) is 19.5 Å². The Morgan fingerprint density at radius 3 is 2.23 bits per heavy atom. The van der Waals surface area contributed by atoms with E-state index in [4.69, 9.17) is 28.4 Å². The summed E-state index contributed by atoms with van der Waals surface area (Å²) in [6.07, 6.45) is 10.2. The molecular formula is C38H56O10. The average Bonchev–Trinajstić information content (AvgIpc) is 3.50. The lowest BCUT2D eigenvalue weighted by Crippen LogP contribution is -2.36. The maximum Gasteiger partial charge on any atom is 0.378 e. The SMILES string of the molecule is CC(C)CCC[C@@H](C)CCC[C@@H](C)CCC[C@]1(C)CCc2cc(OC(=O)CC(=O)OC3=C(O)C(=O)O[C@@H]3C3COC(C)(C)O3)ccc2O1. The van der Waals surface area contributed by atoms with Crippen molar-refractivity contribution in [1.29, 1.82) is 0 Å². The van der Waals surface area contributed by atoms with E-state index in [2.05, 4.69) is 34.6 Å². The van der Waals surface area contributed by atoms with Crippen molar-refractivity contribution in [2.45, 2.75) is 149 Å². The lowest BCUT2D eigenvalue weighted by molar-refractivity contribution is -0.165. The van der Waals surface area contributed by atoms with Crippen molar-refractivity contribution in [2.24, 2.45) is 17.8 Å². The molecule has 5 atom stereocenters. The van der Waals surface area contributed by atoms with E-state index >= 15 is 0 Å². The first-order valence-electron chi connectivity index (χ1n) is 17.8. The van der Waals surface area contributed by atoms with Gasteiger partial charge in [0.25, 0.3) is 0 Å². The van der Waals surface area contributed by atoms with Gasteiger partial charge in [0.1, 0.15) is 29.6 Å². The Hall–Kier alpha value is -3.11. The smallest absolute Gasteiger partial charge is 0.378 e. The summed E-state index contributed by atoms with van der Waals surface area (Å²) in [5.41, 5.74) is 0.700. The molecule has 1 saturated heterocycles. The number of benzene rings is 1. The fraction of sp³-hybridized carbons (Fsp3) is 0.711. The quantitative estimate of drug-likeness (QED) is 0.0991. The van der Waals surface area contributed by atoms with E-state index in [1.54, 1.807) is 32.0 Å². The first-order valence-corrected chi connectivity index (χ1v) is 17.8. The molecular weight excluding hydrogens is 616 g/mol. The van der Waals surface area contributed by atoms with Crippen LogP contribution in [0.25, 0.3) is 0 Å². The average molecular weight is 673 g/mol. The largest absolute Gasteiger partial charge is 0.499 e. The summed E-state index contributed by atoms with van der Waals surface area (Å²) in [7, 11) is 0. The number of carbonyl (C=O) groups excluding carboxylic acids is 3. The molecule has 1 fully saturated rings. The lowest BCUT2D eigenvalue weighted by atomic mass is 9.86. The zero-order valence-electron chi connectivity index (χ0n) is 29.9. The third kappa shape index (κ3) is 11.0. The number of fused-ring (bicyclic) bond motifs is 1. The van der Waals surface area contributed by atoms with Gasteiger partial charge in [-0.25, -0.2) is 4.79 Å². The summed E-state index contributed by atoms with van der Waals surface area (Å²) in [4.78, 5) is 37.1. The van der Waals surface area contributed by atoms with Gasteiger partial charge in [0.05, 0.1) is 6.61 Å². The fourth-order valence-electron chi connectivity index (χ4n) is 6.73. The molecule has 0 spiro atoms. The number of aliphatic hydroxyl groups excluding tert-OH is 1. The monoisotopic (exact) mass is 672 g/mol. The van der Waals surface area contributed by atoms with Crippen LogP contribution >= 0.6 is 0 Å². The van der Waals surface area contributed by atoms with Gasteiger partial charge in [0, 0.05) is 0 Å². The van der Waals surface area contributed by atoms with E-state index < -0.39 is 53.8 Å². The number of aliphatic hydroxyl groups is 1. The number of hydrogen-bond donors (Lipinski definition) is 1. The van der Waals surface area contributed by atoms with Crippen molar-refractivity contribution < 1.29 is 47.9 Å². The van der Waals surface area contributed by atoms with Crippen molar-refractivity contribution in [3.8, 4) is 11.5 Å². The molecule has 3 aliphatic heterocycles. The van der Waals surface area contributed by atoms with Crippen LogP contribution in [0.4, 0.5) is 0 Å². The first-order chi connectivity index (χ1) is 22.6. The summed E-state index contributed by atoms with van der Waals surface area (Å²) < 4.78 is 33.4. The molecule has 0 amide bonds. The standard InChI is InChI=1S/C38H56O10/c1-24(2)11-8-12-25(3)13-9-14-26(4)15-10-19-38(7)20-18-27-21-28(16-17-29(27)48-38)44-31(39)22-32(40)45-35-33(41)36(42)46-34(35)30-23-43-37(5,6)47-30/h16-17,21,24-26,30,34,41H,8-15,18-20,22-23H2,1-7H3/t25-,26-,30?,34-,38-/m1/s1. The van der Waals surface area contributed by atoms with Crippen LogP contribution in [-0.2, 0) is 39.8 Å². The Balaban J connectivity index is 1.18. The van der Waals surface area contributed by atoms with Crippen LogP contribution < -0.4 is 9.47 Å². The molecule has 10 nitrogen and oxygen atoms in total. The minimum absolute atomic E-state index is 0.0557. The Morgan fingerprint density at radius 2 is 1.58 bits per heavy atom. The van der Waals surface area contributed by atoms with Crippen LogP contribution in [0.15, 0.2) is 29.7 Å². The minimum Gasteiger partial charge on any atom is -0.499 e. The second-order valence-corrected chi connectivity index (χ2v) is 15.2. The van der Waals surface area contributed by atoms with Gasteiger partial charge in [0.2, 0.25) is 11.5 Å². The minimum atomic E-state index is -1.18. The molecule has 1 aromatic carbocycles. The molecule has 0 aliphatic carbocycles. The third-order valence-corrected chi connectivity index (χ3v) is 9.62. The van der Waals surface area contributed by atoms with Crippen molar-refractivity contribution in [2.75, 3.05) is 6.61 Å². The third-order valence-electron chi connectivity index (χ3n) is 9.62. The van der Waals surface area contributed by atoms with E-state index in [1.807, 2.05) is 0 Å². The maximum absolute atomic E-state index is 12.6. The van der Waals surface area contributed by atoms with E-state index in [-0.39, 0.29) is 12.2 Å². The number of aryl methyl sites for hydroxylation is 1. The molecule has 1 N–H and O–H groups in total. The van der Waals surface area contributed by atoms with Crippen LogP contribution in [0, 0.1) is 17.8 Å². The second kappa shape index (κ2) is 16.5. The highest BCUT2D eigenvalue weighted by Gasteiger charge is 2.48. The van der Waals surface area contributed by atoms with Crippen molar-refractivity contribution in [3.05, 3.63) is 35.3 Å². The van der Waals surface area contributed by atoms with Gasteiger partial charge in [-0.2, -0.15) is 0 Å². The van der Waals surface area contributed by atoms with Crippen LogP contribution in [0.2, 0.25) is 0 Å². The highest BCUT2D eigenvalue weighted by molar-refractivity contribution is 5.94. The Labute approximate surface area is 285 Å². The molecule has 268 valence electrons. The maximum atomic E-state index is 12.6. The van der Waals surface area contributed by atoms with Gasteiger partial charge in [0.15, 0.2) is 11.9 Å². The summed E-state index contributed by atoms with van der Waals surface area (Å²) >= 11 is 0. The van der Waals surface area contributed by atoms with E-state index in [1.165, 1.54) is 44.9 Å². The molecule has 0 aromatic heterocycles. The van der Waals surface area contributed by atoms with Gasteiger partial charge in [-0.3, -0.25) is 9.59 Å². The summed E-state index contributed by atoms with van der Waals surface area (Å²) in [6, 6.07) is 5.21. The fourth-order valence-corrected chi connectivity index (χ4v) is 6.73. The Bertz CT molecular complexity index is 1320. The predicted octanol–water partition coefficient (Wildman–Crippen LogP) is 7.89. The first kappa shape index (κ1) is 37.7. The molecule has 1 aromatic rings. The topological polar surface area (TPSA) is 127 Å². The van der Waals surface area contributed by atoms with Gasteiger partial charge in [-0.15, -0.1) is 0 Å². The van der Waals surface area contributed by atoms with Crippen LogP contribution in [0.5, 0.6) is 11.5 Å². The molecule has 4 rings (SSSR count). The molecule has 0 radical (unpaired) electrons. The predicted molar refractivity (Wildman–Crippen MR) is 179 cm³/mol. The van der Waals surface area contributed by atoms with Gasteiger partial charge in [-0.1, -0.05) is 72.6 Å². The van der Waals surface area contributed by atoms with Gasteiger partial charge >= 0.3 is 17.9 Å². The highest BCUT2D eigenvalue weighted by Crippen LogP contribution is 2.38. The van der Waals surface area contributed by atoms with E-state index in [0.717, 1.165) is 48.8 Å². The lowest BCUT2D eigenvalue weighted by Gasteiger charge is -2.36. The van der Waals surface area contributed by atoms with Crippen molar-refractivity contribution in [1.82, 2.24) is 0 Å².